The molecule has 19 heavy (non-hydrogen) atoms. The van der Waals surface area contributed by atoms with E-state index in [9.17, 15) is 13.2 Å². The van der Waals surface area contributed by atoms with Crippen molar-refractivity contribution in [3.8, 4) is 0 Å². The lowest BCUT2D eigenvalue weighted by atomic mass is 9.91. The predicted molar refractivity (Wildman–Crippen MR) is 73.1 cm³/mol. The minimum atomic E-state index is -4.12. The molecule has 1 aromatic carbocycles. The van der Waals surface area contributed by atoms with Gasteiger partial charge >= 0.3 is 6.18 Å². The zero-order valence-electron chi connectivity index (χ0n) is 10.3. The van der Waals surface area contributed by atoms with E-state index >= 15 is 0 Å². The first-order valence-electron chi connectivity index (χ1n) is 6.17. The van der Waals surface area contributed by atoms with Crippen molar-refractivity contribution < 1.29 is 13.2 Å². The Morgan fingerprint density at radius 2 is 1.95 bits per heavy atom. The number of benzene rings is 1. The number of anilines is 1. The van der Waals surface area contributed by atoms with Gasteiger partial charge < -0.3 is 10.6 Å². The molecule has 2 unspecified atom stereocenters. The number of hydrogen-bond donors (Lipinski definition) is 1. The molecule has 0 aromatic heterocycles. The third-order valence-electron chi connectivity index (χ3n) is 3.28. The van der Waals surface area contributed by atoms with E-state index in [-0.39, 0.29) is 6.04 Å². The molecule has 1 aromatic rings. The van der Waals surface area contributed by atoms with Gasteiger partial charge in [0.25, 0.3) is 0 Å². The summed E-state index contributed by atoms with van der Waals surface area (Å²) in [6.07, 6.45) is -4.45. The van der Waals surface area contributed by atoms with Crippen LogP contribution in [0.5, 0.6) is 0 Å². The fraction of sp³-hybridized carbons (Fsp3) is 0.538. The Morgan fingerprint density at radius 1 is 1.26 bits per heavy atom. The van der Waals surface area contributed by atoms with Crippen LogP contribution < -0.4 is 10.6 Å². The molecule has 2 N–H and O–H groups in total. The van der Waals surface area contributed by atoms with Crippen LogP contribution in [0.4, 0.5) is 18.9 Å². The van der Waals surface area contributed by atoms with Crippen molar-refractivity contribution in [3.63, 3.8) is 0 Å². The number of nitrogens with zero attached hydrogens (tertiary/aromatic N) is 1. The molecule has 1 fully saturated rings. The zero-order chi connectivity index (χ0) is 14.0. The van der Waals surface area contributed by atoms with Gasteiger partial charge in [-0.15, -0.1) is 0 Å². The second-order valence-electron chi connectivity index (χ2n) is 5.04. The second-order valence-corrected chi connectivity index (χ2v) is 5.89. The van der Waals surface area contributed by atoms with Crippen LogP contribution in [0.15, 0.2) is 28.7 Å². The molecular formula is C13H16BrF3N2. The number of hydrogen-bond acceptors (Lipinski definition) is 2. The van der Waals surface area contributed by atoms with E-state index in [0.29, 0.717) is 19.5 Å². The fourth-order valence-corrected chi connectivity index (χ4v) is 3.16. The Kier molecular flexibility index (Phi) is 4.40. The lowest BCUT2D eigenvalue weighted by Crippen LogP contribution is -2.48. The molecular weight excluding hydrogens is 321 g/mol. The first kappa shape index (κ1) is 14.7. The molecule has 0 radical (unpaired) electrons. The Bertz CT molecular complexity index is 436. The van der Waals surface area contributed by atoms with Crippen molar-refractivity contribution in [1.29, 1.82) is 0 Å². The minimum absolute atomic E-state index is 0.215. The summed E-state index contributed by atoms with van der Waals surface area (Å²) in [6, 6.07) is 7.32. The van der Waals surface area contributed by atoms with Crippen molar-refractivity contribution in [2.75, 3.05) is 18.0 Å². The van der Waals surface area contributed by atoms with Crippen molar-refractivity contribution in [2.24, 2.45) is 11.7 Å². The number of para-hydroxylation sites is 1. The first-order valence-corrected chi connectivity index (χ1v) is 6.96. The van der Waals surface area contributed by atoms with E-state index in [1.165, 1.54) is 0 Å². The summed E-state index contributed by atoms with van der Waals surface area (Å²) < 4.78 is 38.4. The normalized spacial score (nSPS) is 24.6. The summed E-state index contributed by atoms with van der Waals surface area (Å²) in [6.45, 7) is 0.993. The largest absolute Gasteiger partial charge is 0.389 e. The summed E-state index contributed by atoms with van der Waals surface area (Å²) in [4.78, 5) is 1.94. The minimum Gasteiger partial charge on any atom is -0.369 e. The first-order chi connectivity index (χ1) is 8.85. The predicted octanol–water partition coefficient (Wildman–Crippen LogP) is 3.56. The molecule has 0 amide bonds. The molecule has 2 atom stereocenters. The van der Waals surface area contributed by atoms with Gasteiger partial charge in [-0.3, -0.25) is 0 Å². The third-order valence-corrected chi connectivity index (χ3v) is 3.95. The topological polar surface area (TPSA) is 29.3 Å². The molecule has 1 aliphatic heterocycles. The Hall–Kier alpha value is -0.750. The average Bonchev–Trinajstić information content (AvgIpc) is 2.26. The lowest BCUT2D eigenvalue weighted by Gasteiger charge is -2.38. The molecule has 1 heterocycles. The highest BCUT2D eigenvalue weighted by Crippen LogP contribution is 2.34. The van der Waals surface area contributed by atoms with E-state index in [0.717, 1.165) is 10.2 Å². The molecule has 6 heteroatoms. The highest BCUT2D eigenvalue weighted by Gasteiger charge is 2.36. The van der Waals surface area contributed by atoms with Crippen LogP contribution in [0.25, 0.3) is 0 Å². The summed E-state index contributed by atoms with van der Waals surface area (Å²) in [7, 11) is 0. The number of alkyl halides is 3. The van der Waals surface area contributed by atoms with Crippen LogP contribution in [-0.4, -0.2) is 25.3 Å². The van der Waals surface area contributed by atoms with E-state index < -0.39 is 18.5 Å². The molecule has 0 spiro atoms. The van der Waals surface area contributed by atoms with E-state index in [1.54, 1.807) is 0 Å². The second kappa shape index (κ2) is 5.71. The lowest BCUT2D eigenvalue weighted by molar-refractivity contribution is -0.145. The molecule has 2 nitrogen and oxygen atoms in total. The molecule has 2 rings (SSSR count). The molecule has 1 aliphatic rings. The summed E-state index contributed by atoms with van der Waals surface area (Å²) in [5, 5.41) is 0. The quantitative estimate of drug-likeness (QED) is 0.894. The third kappa shape index (κ3) is 4.11. The van der Waals surface area contributed by atoms with Crippen molar-refractivity contribution in [2.45, 2.75) is 25.1 Å². The molecule has 0 aliphatic carbocycles. The van der Waals surface area contributed by atoms with Gasteiger partial charge in [-0.25, -0.2) is 0 Å². The Balaban J connectivity index is 2.12. The van der Waals surface area contributed by atoms with E-state index in [4.69, 9.17) is 5.73 Å². The maximum atomic E-state index is 12.5. The summed E-state index contributed by atoms with van der Waals surface area (Å²) in [5.41, 5.74) is 6.80. The molecule has 106 valence electrons. The van der Waals surface area contributed by atoms with Crippen LogP contribution in [0.3, 0.4) is 0 Å². The molecule has 0 bridgehead atoms. The Morgan fingerprint density at radius 3 is 2.58 bits per heavy atom. The fourth-order valence-electron chi connectivity index (χ4n) is 2.63. The van der Waals surface area contributed by atoms with Crippen LogP contribution in [0.1, 0.15) is 12.8 Å². The van der Waals surface area contributed by atoms with Crippen molar-refractivity contribution >= 4 is 21.6 Å². The number of piperidine rings is 1. The van der Waals surface area contributed by atoms with Crippen LogP contribution in [-0.2, 0) is 0 Å². The van der Waals surface area contributed by atoms with Crippen molar-refractivity contribution in [1.82, 2.24) is 0 Å². The van der Waals surface area contributed by atoms with Gasteiger partial charge in [-0.1, -0.05) is 12.1 Å². The smallest absolute Gasteiger partial charge is 0.369 e. The molecule has 0 saturated carbocycles. The molecule has 1 saturated heterocycles. The van der Waals surface area contributed by atoms with E-state index in [1.807, 2.05) is 29.2 Å². The maximum Gasteiger partial charge on any atom is 0.389 e. The van der Waals surface area contributed by atoms with Crippen LogP contribution in [0, 0.1) is 5.92 Å². The standard InChI is InChI=1S/C13H16BrF3N2/c14-11-3-1-2-4-12(11)19-7-9(5-10(18)8-19)6-13(15,16)17/h1-4,9-10H,5-8,18H2. The van der Waals surface area contributed by atoms with Crippen LogP contribution in [0.2, 0.25) is 0 Å². The summed E-state index contributed by atoms with van der Waals surface area (Å²) in [5.74, 6) is -0.434. The van der Waals surface area contributed by atoms with Gasteiger partial charge in [0.2, 0.25) is 0 Å². The maximum absolute atomic E-state index is 12.5. The number of rotatable bonds is 2. The van der Waals surface area contributed by atoms with Crippen molar-refractivity contribution in [3.05, 3.63) is 28.7 Å². The van der Waals surface area contributed by atoms with Gasteiger partial charge in [0.05, 0.1) is 5.69 Å². The van der Waals surface area contributed by atoms with Crippen LogP contribution >= 0.6 is 15.9 Å². The SMILES string of the molecule is NC1CC(CC(F)(F)F)CN(c2ccccc2Br)C1. The van der Waals surface area contributed by atoms with Gasteiger partial charge in [-0.05, 0) is 40.4 Å². The van der Waals surface area contributed by atoms with Gasteiger partial charge in [0.15, 0.2) is 0 Å². The highest BCUT2D eigenvalue weighted by atomic mass is 79.9. The monoisotopic (exact) mass is 336 g/mol. The van der Waals surface area contributed by atoms with Gasteiger partial charge in [0.1, 0.15) is 0 Å². The average molecular weight is 337 g/mol. The zero-order valence-corrected chi connectivity index (χ0v) is 11.9. The summed E-state index contributed by atoms with van der Waals surface area (Å²) >= 11 is 3.43. The highest BCUT2D eigenvalue weighted by molar-refractivity contribution is 9.10. The Labute approximate surface area is 118 Å². The number of halogens is 4. The van der Waals surface area contributed by atoms with Gasteiger partial charge in [0, 0.05) is 30.0 Å². The number of nitrogens with two attached hydrogens (primary N) is 1. The van der Waals surface area contributed by atoms with Gasteiger partial charge in [-0.2, -0.15) is 13.2 Å². The van der Waals surface area contributed by atoms with E-state index in [2.05, 4.69) is 15.9 Å².